The number of carbonyl (C=O) groups excluding carboxylic acids is 3. The molecule has 3 aromatic carbocycles. The van der Waals surface area contributed by atoms with Crippen LogP contribution in [0.4, 0.5) is 5.82 Å². The first-order valence-corrected chi connectivity index (χ1v) is 15.1. The van der Waals surface area contributed by atoms with Crippen LogP contribution in [0, 0.1) is 0 Å². The number of nitrogen functional groups attached to an aromatic ring is 1. The molecule has 0 aliphatic rings. The zero-order chi connectivity index (χ0) is 29.7. The number of amides is 3. The zero-order valence-electron chi connectivity index (χ0n) is 23.4. The maximum atomic E-state index is 13.0. The summed E-state index contributed by atoms with van der Waals surface area (Å²) in [6.07, 6.45) is 3.08. The Morgan fingerprint density at radius 3 is 2.05 bits per heavy atom. The van der Waals surface area contributed by atoms with Crippen LogP contribution < -0.4 is 43.1 Å². The fraction of sp³-hybridized carbons (Fsp3) is 0.188. The molecule has 6 N–H and O–H groups in total. The van der Waals surface area contributed by atoms with Gasteiger partial charge in [-0.2, -0.15) is 0 Å². The Balaban J connectivity index is 1.33. The number of nitrogens with zero attached hydrogens (tertiary/aromatic N) is 1. The van der Waals surface area contributed by atoms with Crippen LogP contribution in [0.15, 0.2) is 103 Å². The Bertz CT molecular complexity index is 1430. The molecule has 1 atom stereocenters. The summed E-state index contributed by atoms with van der Waals surface area (Å²) in [5.74, 6) is 4.91. The van der Waals surface area contributed by atoms with Gasteiger partial charge < -0.3 is 21.4 Å². The van der Waals surface area contributed by atoms with Gasteiger partial charge in [0.05, 0.1) is 5.56 Å². The van der Waals surface area contributed by atoms with Gasteiger partial charge in [0.15, 0.2) is 0 Å². The number of hydrazine groups is 1. The highest BCUT2D eigenvalue weighted by molar-refractivity contribution is 7.79. The molecule has 1 unspecified atom stereocenters. The number of nitrogens with one attached hydrogen (secondary N) is 4. The molecule has 4 aromatic rings. The van der Waals surface area contributed by atoms with E-state index in [0.717, 1.165) is 5.30 Å². The van der Waals surface area contributed by atoms with E-state index < -0.39 is 19.9 Å². The molecule has 9 nitrogen and oxygen atoms in total. The van der Waals surface area contributed by atoms with Crippen LogP contribution in [0.2, 0.25) is 0 Å². The Morgan fingerprint density at radius 1 is 0.786 bits per heavy atom. The smallest absolute Gasteiger partial charge is 0.253 e. The van der Waals surface area contributed by atoms with Gasteiger partial charge in [0.25, 0.3) is 11.8 Å². The van der Waals surface area contributed by atoms with Crippen LogP contribution in [0.1, 0.15) is 40.0 Å². The average Bonchev–Trinajstić information content (AvgIpc) is 3.04. The fourth-order valence-electron chi connectivity index (χ4n) is 4.46. The Kier molecular flexibility index (Phi) is 11.2. The van der Waals surface area contributed by atoms with Gasteiger partial charge in [-0.15, -0.1) is 0 Å². The van der Waals surface area contributed by atoms with Crippen LogP contribution in [-0.2, 0) is 4.79 Å². The van der Waals surface area contributed by atoms with Crippen LogP contribution in [0.3, 0.4) is 0 Å². The molecule has 216 valence electrons. The highest BCUT2D eigenvalue weighted by Crippen LogP contribution is 2.32. The Hall–Kier alpha value is -4.59. The van der Waals surface area contributed by atoms with E-state index in [1.165, 1.54) is 23.9 Å². The molecule has 0 saturated heterocycles. The lowest BCUT2D eigenvalue weighted by atomic mass is 10.1. The number of rotatable bonds is 13. The molecule has 42 heavy (non-hydrogen) atoms. The standard InChI is InChI=1S/C32H35N6O3P/c1-34-32(41)28(37-31(40)24-18-19-29(38-33)36-22-24)17-8-9-20-35-30(39)23-11-10-16-27(21-23)42(25-12-4-2-5-13-25)26-14-6-3-7-15-26/h2-7,10-16,18-19,21-22,28H,8-9,17,20,33H2,1H3,(H,34,41)(H,35,39)(H,36,38)(H,37,40). The van der Waals surface area contributed by atoms with Crippen LogP contribution >= 0.6 is 7.92 Å². The van der Waals surface area contributed by atoms with Crippen molar-refractivity contribution in [2.45, 2.75) is 25.3 Å². The van der Waals surface area contributed by atoms with E-state index in [4.69, 9.17) is 5.84 Å². The molecule has 0 aliphatic heterocycles. The lowest BCUT2D eigenvalue weighted by Crippen LogP contribution is -2.45. The third-order valence-corrected chi connectivity index (χ3v) is 9.07. The van der Waals surface area contributed by atoms with Crippen molar-refractivity contribution in [1.82, 2.24) is 20.9 Å². The van der Waals surface area contributed by atoms with Gasteiger partial charge in [-0.3, -0.25) is 14.4 Å². The molecule has 10 heteroatoms. The van der Waals surface area contributed by atoms with Gasteiger partial charge in [-0.25, -0.2) is 10.8 Å². The fourth-order valence-corrected chi connectivity index (χ4v) is 6.80. The summed E-state index contributed by atoms with van der Waals surface area (Å²) in [6.45, 7) is 0.446. The minimum absolute atomic E-state index is 0.146. The van der Waals surface area contributed by atoms with E-state index >= 15 is 0 Å². The molecule has 0 radical (unpaired) electrons. The zero-order valence-corrected chi connectivity index (χ0v) is 24.3. The number of likely N-dealkylation sites (N-methyl/N-ethyl adjacent to an activating group) is 1. The summed E-state index contributed by atoms with van der Waals surface area (Å²) < 4.78 is 0. The number of hydrogen-bond donors (Lipinski definition) is 5. The molecular weight excluding hydrogens is 547 g/mol. The van der Waals surface area contributed by atoms with E-state index in [1.54, 1.807) is 12.1 Å². The summed E-state index contributed by atoms with van der Waals surface area (Å²) in [5.41, 5.74) is 3.33. The summed E-state index contributed by atoms with van der Waals surface area (Å²) >= 11 is 0. The molecule has 1 aromatic heterocycles. The van der Waals surface area contributed by atoms with Crippen LogP contribution in [0.5, 0.6) is 0 Å². The first kappa shape index (κ1) is 30.4. The number of pyridine rings is 1. The van der Waals surface area contributed by atoms with Crippen molar-refractivity contribution in [3.8, 4) is 0 Å². The number of aromatic nitrogens is 1. The molecule has 4 rings (SSSR count). The highest BCUT2D eigenvalue weighted by atomic mass is 31.1. The summed E-state index contributed by atoms with van der Waals surface area (Å²) in [6, 6.07) is 30.9. The number of unbranched alkanes of at least 4 members (excludes halogenated alkanes) is 1. The van der Waals surface area contributed by atoms with Gasteiger partial charge in [-0.1, -0.05) is 72.8 Å². The first-order valence-electron chi connectivity index (χ1n) is 13.7. The molecular formula is C32H35N6O3P. The van der Waals surface area contributed by atoms with Crippen LogP contribution in [0.25, 0.3) is 0 Å². The van der Waals surface area contributed by atoms with E-state index in [-0.39, 0.29) is 11.8 Å². The Labute approximate surface area is 247 Å². The molecule has 1 heterocycles. The first-order chi connectivity index (χ1) is 20.5. The largest absolute Gasteiger partial charge is 0.357 e. The summed E-state index contributed by atoms with van der Waals surface area (Å²) in [5, 5.41) is 11.9. The monoisotopic (exact) mass is 582 g/mol. The van der Waals surface area contributed by atoms with Gasteiger partial charge >= 0.3 is 0 Å². The lowest BCUT2D eigenvalue weighted by molar-refractivity contribution is -0.122. The number of anilines is 1. The predicted octanol–water partition coefficient (Wildman–Crippen LogP) is 2.57. The summed E-state index contributed by atoms with van der Waals surface area (Å²) in [4.78, 5) is 42.1. The second-order valence-corrected chi connectivity index (χ2v) is 11.7. The van der Waals surface area contributed by atoms with Gasteiger partial charge in [-0.05, 0) is 67.4 Å². The van der Waals surface area contributed by atoms with E-state index in [1.807, 2.05) is 54.6 Å². The van der Waals surface area contributed by atoms with Crippen LogP contribution in [-0.4, -0.2) is 42.3 Å². The third kappa shape index (κ3) is 8.22. The highest BCUT2D eigenvalue weighted by Gasteiger charge is 2.21. The van der Waals surface area contributed by atoms with Gasteiger partial charge in [0.1, 0.15) is 11.9 Å². The van der Waals surface area contributed by atoms with Crippen molar-refractivity contribution >= 4 is 47.4 Å². The van der Waals surface area contributed by atoms with Gasteiger partial charge in [0.2, 0.25) is 5.91 Å². The van der Waals surface area contributed by atoms with Crippen molar-refractivity contribution in [2.24, 2.45) is 5.84 Å². The molecule has 0 aliphatic carbocycles. The Morgan fingerprint density at radius 2 is 1.45 bits per heavy atom. The topological polar surface area (TPSA) is 138 Å². The van der Waals surface area contributed by atoms with Crippen molar-refractivity contribution in [3.05, 3.63) is 114 Å². The molecule has 0 bridgehead atoms. The lowest BCUT2D eigenvalue weighted by Gasteiger charge is -2.20. The molecule has 3 amide bonds. The van der Waals surface area contributed by atoms with Gasteiger partial charge in [0, 0.05) is 25.4 Å². The normalized spacial score (nSPS) is 11.4. The quantitative estimate of drug-likeness (QED) is 0.0711. The summed E-state index contributed by atoms with van der Waals surface area (Å²) in [7, 11) is 0.715. The minimum atomic E-state index is -0.813. The average molecular weight is 583 g/mol. The van der Waals surface area contributed by atoms with E-state index in [0.29, 0.717) is 42.8 Å². The second kappa shape index (κ2) is 15.4. The third-order valence-electron chi connectivity index (χ3n) is 6.64. The molecule has 0 fully saturated rings. The maximum absolute atomic E-state index is 13.0. The number of hydrogen-bond acceptors (Lipinski definition) is 6. The van der Waals surface area contributed by atoms with Crippen molar-refractivity contribution < 1.29 is 14.4 Å². The van der Waals surface area contributed by atoms with Crippen molar-refractivity contribution in [2.75, 3.05) is 19.0 Å². The molecule has 0 spiro atoms. The van der Waals surface area contributed by atoms with E-state index in [9.17, 15) is 14.4 Å². The molecule has 0 saturated carbocycles. The second-order valence-electron chi connectivity index (χ2n) is 9.53. The minimum Gasteiger partial charge on any atom is -0.357 e. The number of nitrogens with two attached hydrogens (primary N) is 1. The number of carbonyl (C=O) groups is 3. The van der Waals surface area contributed by atoms with E-state index in [2.05, 4.69) is 56.7 Å². The van der Waals surface area contributed by atoms with Crippen molar-refractivity contribution in [1.29, 1.82) is 0 Å². The maximum Gasteiger partial charge on any atom is 0.253 e. The predicted molar refractivity (Wildman–Crippen MR) is 169 cm³/mol. The number of benzene rings is 3. The SMILES string of the molecule is CNC(=O)C(CCCCNC(=O)c1cccc(P(c2ccccc2)c2ccccc2)c1)NC(=O)c1ccc(NN)nc1. The van der Waals surface area contributed by atoms with Crippen molar-refractivity contribution in [3.63, 3.8) is 0 Å².